The fraction of sp³-hybridized carbons (Fsp3) is 0.833. The van der Waals surface area contributed by atoms with Crippen LogP contribution in [0.5, 0.6) is 0 Å². The van der Waals surface area contributed by atoms with Crippen LogP contribution in [0.4, 0.5) is 0 Å². The highest BCUT2D eigenvalue weighted by Gasteiger charge is 2.34. The maximum Gasteiger partial charge on any atom is 0.306 e. The molecule has 102 valence electrons. The van der Waals surface area contributed by atoms with E-state index in [0.717, 1.165) is 12.8 Å². The normalized spacial score (nSPS) is 36.2. The molecule has 1 aliphatic carbocycles. The van der Waals surface area contributed by atoms with E-state index in [1.807, 2.05) is 0 Å². The number of carboxylic acids is 1. The van der Waals surface area contributed by atoms with Gasteiger partial charge in [-0.25, -0.2) is 0 Å². The van der Waals surface area contributed by atoms with Gasteiger partial charge in [-0.15, -0.1) is 0 Å². The van der Waals surface area contributed by atoms with Crippen molar-refractivity contribution in [3.8, 4) is 0 Å². The Balaban J connectivity index is 1.78. The van der Waals surface area contributed by atoms with Gasteiger partial charge in [-0.2, -0.15) is 0 Å². The lowest BCUT2D eigenvalue weighted by Crippen LogP contribution is -2.42. The number of aliphatic carboxylic acids is 1. The average Bonchev–Trinajstić information content (AvgIpc) is 2.81. The second-order valence-corrected chi connectivity index (χ2v) is 6.87. The van der Waals surface area contributed by atoms with Crippen LogP contribution in [0.2, 0.25) is 0 Å². The van der Waals surface area contributed by atoms with Crippen LogP contribution in [0.15, 0.2) is 0 Å². The Kier molecular flexibility index (Phi) is 4.37. The number of carbonyl (C=O) groups excluding carboxylic acids is 1. The first-order valence-electron chi connectivity index (χ1n) is 6.44. The van der Waals surface area contributed by atoms with Gasteiger partial charge in [0.05, 0.1) is 5.92 Å². The van der Waals surface area contributed by atoms with Crippen molar-refractivity contribution in [3.05, 3.63) is 0 Å². The monoisotopic (exact) mass is 273 g/mol. The highest BCUT2D eigenvalue weighted by Crippen LogP contribution is 2.31. The average molecular weight is 273 g/mol. The van der Waals surface area contributed by atoms with Gasteiger partial charge in [0.1, 0.15) is 0 Å². The van der Waals surface area contributed by atoms with Gasteiger partial charge in [-0.05, 0) is 32.1 Å². The minimum atomic E-state index is -0.793. The Hall–Kier alpha value is -0.910. The molecule has 0 aromatic rings. The molecule has 1 amide bonds. The van der Waals surface area contributed by atoms with Crippen molar-refractivity contribution < 1.29 is 18.9 Å². The van der Waals surface area contributed by atoms with Crippen molar-refractivity contribution in [2.45, 2.75) is 38.1 Å². The summed E-state index contributed by atoms with van der Waals surface area (Å²) in [5, 5.41) is 11.9. The molecular formula is C12H19NO4S. The molecule has 1 aliphatic heterocycles. The summed E-state index contributed by atoms with van der Waals surface area (Å²) in [6, 6.07) is 0.124. The van der Waals surface area contributed by atoms with Crippen molar-refractivity contribution >= 4 is 22.7 Å². The Morgan fingerprint density at radius 3 is 2.22 bits per heavy atom. The van der Waals surface area contributed by atoms with Gasteiger partial charge in [0.2, 0.25) is 5.91 Å². The summed E-state index contributed by atoms with van der Waals surface area (Å²) >= 11 is 0. The van der Waals surface area contributed by atoms with Crippen LogP contribution >= 0.6 is 0 Å². The molecule has 1 saturated carbocycles. The molecule has 2 fully saturated rings. The summed E-state index contributed by atoms with van der Waals surface area (Å²) in [5.41, 5.74) is 0. The van der Waals surface area contributed by atoms with E-state index in [1.54, 1.807) is 0 Å². The maximum absolute atomic E-state index is 12.0. The predicted molar refractivity (Wildman–Crippen MR) is 67.5 cm³/mol. The Morgan fingerprint density at radius 1 is 1.06 bits per heavy atom. The second kappa shape index (κ2) is 5.82. The number of hydrogen-bond donors (Lipinski definition) is 2. The number of amides is 1. The molecule has 5 nitrogen and oxygen atoms in total. The molecule has 0 aromatic heterocycles. The third-order valence-corrected chi connectivity index (χ3v) is 5.27. The molecule has 1 heterocycles. The van der Waals surface area contributed by atoms with Crippen LogP contribution < -0.4 is 5.32 Å². The van der Waals surface area contributed by atoms with Crippen molar-refractivity contribution in [2.75, 3.05) is 11.5 Å². The molecule has 2 unspecified atom stereocenters. The first kappa shape index (κ1) is 13.5. The molecule has 2 aliphatic rings. The van der Waals surface area contributed by atoms with E-state index in [9.17, 15) is 13.8 Å². The van der Waals surface area contributed by atoms with Crippen LogP contribution in [0.25, 0.3) is 0 Å². The van der Waals surface area contributed by atoms with Gasteiger partial charge in [-0.1, -0.05) is 0 Å². The molecule has 0 radical (unpaired) electrons. The number of rotatable bonds is 3. The third kappa shape index (κ3) is 3.31. The van der Waals surface area contributed by atoms with Gasteiger partial charge < -0.3 is 10.4 Å². The SMILES string of the molecule is O=C(O)C1CCC(C(=O)NC2CCS(=O)CC2)C1. The van der Waals surface area contributed by atoms with Gasteiger partial charge in [0.15, 0.2) is 0 Å². The topological polar surface area (TPSA) is 83.5 Å². The molecule has 1 saturated heterocycles. The summed E-state index contributed by atoms with van der Waals surface area (Å²) in [5.74, 6) is -0.00582. The van der Waals surface area contributed by atoms with E-state index >= 15 is 0 Å². The molecule has 6 heteroatoms. The number of nitrogens with one attached hydrogen (secondary N) is 1. The smallest absolute Gasteiger partial charge is 0.306 e. The fourth-order valence-corrected chi connectivity index (χ4v) is 4.00. The zero-order chi connectivity index (χ0) is 13.1. The van der Waals surface area contributed by atoms with Gasteiger partial charge in [0, 0.05) is 34.3 Å². The Bertz CT molecular complexity index is 361. The largest absolute Gasteiger partial charge is 0.481 e. The molecule has 18 heavy (non-hydrogen) atoms. The molecule has 0 spiro atoms. The highest BCUT2D eigenvalue weighted by atomic mass is 32.2. The first-order valence-corrected chi connectivity index (χ1v) is 7.93. The lowest BCUT2D eigenvalue weighted by Gasteiger charge is -2.24. The van der Waals surface area contributed by atoms with E-state index in [0.29, 0.717) is 30.8 Å². The van der Waals surface area contributed by atoms with Crippen LogP contribution in [0.1, 0.15) is 32.1 Å². The standard InChI is InChI=1S/C12H19NO4S/c14-11(8-1-2-9(7-8)12(15)16)13-10-3-5-18(17)6-4-10/h8-10H,1-7H2,(H,13,14)(H,15,16). The van der Waals surface area contributed by atoms with Crippen molar-refractivity contribution in [1.29, 1.82) is 0 Å². The van der Waals surface area contributed by atoms with Gasteiger partial charge >= 0.3 is 5.97 Å². The summed E-state index contributed by atoms with van der Waals surface area (Å²) in [6.45, 7) is 0. The maximum atomic E-state index is 12.0. The van der Waals surface area contributed by atoms with Crippen molar-refractivity contribution in [1.82, 2.24) is 5.32 Å². The summed E-state index contributed by atoms with van der Waals surface area (Å²) in [7, 11) is -0.719. The summed E-state index contributed by atoms with van der Waals surface area (Å²) in [4.78, 5) is 22.8. The minimum Gasteiger partial charge on any atom is -0.481 e. The van der Waals surface area contributed by atoms with E-state index < -0.39 is 16.8 Å². The second-order valence-electron chi connectivity index (χ2n) is 5.18. The number of hydrogen-bond acceptors (Lipinski definition) is 3. The van der Waals surface area contributed by atoms with Crippen LogP contribution in [0.3, 0.4) is 0 Å². The predicted octanol–water partition coefficient (Wildman–Crippen LogP) is 0.515. The van der Waals surface area contributed by atoms with Crippen LogP contribution in [-0.2, 0) is 20.4 Å². The number of carbonyl (C=O) groups is 2. The molecule has 0 aromatic carbocycles. The van der Waals surface area contributed by atoms with E-state index in [-0.39, 0.29) is 23.8 Å². The van der Waals surface area contributed by atoms with Gasteiger partial charge in [-0.3, -0.25) is 13.8 Å². The quantitative estimate of drug-likeness (QED) is 0.785. The fourth-order valence-electron chi connectivity index (χ4n) is 2.70. The third-order valence-electron chi connectivity index (χ3n) is 3.89. The summed E-state index contributed by atoms with van der Waals surface area (Å²) in [6.07, 6.45) is 3.27. The molecule has 2 atom stereocenters. The highest BCUT2D eigenvalue weighted by molar-refractivity contribution is 7.85. The lowest BCUT2D eigenvalue weighted by atomic mass is 10.0. The minimum absolute atomic E-state index is 0.0172. The molecule has 2 N–H and O–H groups in total. The van der Waals surface area contributed by atoms with Crippen LogP contribution in [-0.4, -0.2) is 38.7 Å². The lowest BCUT2D eigenvalue weighted by molar-refractivity contribution is -0.141. The molecule has 0 bridgehead atoms. The first-order chi connectivity index (χ1) is 8.56. The van der Waals surface area contributed by atoms with E-state index in [1.165, 1.54) is 0 Å². The summed E-state index contributed by atoms with van der Waals surface area (Å²) < 4.78 is 11.2. The van der Waals surface area contributed by atoms with Crippen LogP contribution in [0, 0.1) is 11.8 Å². The zero-order valence-corrected chi connectivity index (χ0v) is 11.1. The van der Waals surface area contributed by atoms with Gasteiger partial charge in [0.25, 0.3) is 0 Å². The molecular weight excluding hydrogens is 254 g/mol. The van der Waals surface area contributed by atoms with Crippen molar-refractivity contribution in [2.24, 2.45) is 11.8 Å². The van der Waals surface area contributed by atoms with E-state index in [4.69, 9.17) is 5.11 Å². The zero-order valence-electron chi connectivity index (χ0n) is 10.3. The van der Waals surface area contributed by atoms with Crippen molar-refractivity contribution in [3.63, 3.8) is 0 Å². The Labute approximate surface area is 109 Å². The van der Waals surface area contributed by atoms with E-state index in [2.05, 4.69) is 5.32 Å². The Morgan fingerprint density at radius 2 is 1.67 bits per heavy atom. The molecule has 2 rings (SSSR count). The number of carboxylic acid groups (broad SMARTS) is 1.